The number of piperidine rings is 1. The number of aromatic nitrogens is 5. The fourth-order valence-corrected chi connectivity index (χ4v) is 5.19. The minimum Gasteiger partial charge on any atom is -0.474 e. The lowest BCUT2D eigenvalue weighted by molar-refractivity contribution is 0.0585. The number of fused-ring (bicyclic) bond motifs is 1. The Hall–Kier alpha value is -3.93. The maximum Gasteiger partial charge on any atom is 0.272 e. The molecule has 10 nitrogen and oxygen atoms in total. The topological polar surface area (TPSA) is 120 Å². The molecule has 39 heavy (non-hydrogen) atoms. The number of hydrogen-bond acceptors (Lipinski definition) is 8. The first kappa shape index (κ1) is 26.7. The van der Waals surface area contributed by atoms with E-state index in [1.807, 2.05) is 6.07 Å². The van der Waals surface area contributed by atoms with Crippen LogP contribution in [-0.2, 0) is 16.3 Å². The van der Waals surface area contributed by atoms with Gasteiger partial charge in [0.25, 0.3) is 5.91 Å². The van der Waals surface area contributed by atoms with Crippen molar-refractivity contribution >= 4 is 26.8 Å². The Morgan fingerprint density at radius 1 is 1.10 bits per heavy atom. The zero-order chi connectivity index (χ0) is 27.6. The number of benzene rings is 1. The van der Waals surface area contributed by atoms with Gasteiger partial charge in [0.1, 0.15) is 35.0 Å². The fourth-order valence-electron chi connectivity index (χ4n) is 4.56. The molecule has 1 saturated heterocycles. The smallest absolute Gasteiger partial charge is 0.272 e. The first-order chi connectivity index (χ1) is 18.7. The summed E-state index contributed by atoms with van der Waals surface area (Å²) in [5.41, 5.74) is 1.96. The van der Waals surface area contributed by atoms with Gasteiger partial charge in [0.15, 0.2) is 15.5 Å². The van der Waals surface area contributed by atoms with Crippen molar-refractivity contribution in [1.29, 1.82) is 0 Å². The highest BCUT2D eigenvalue weighted by Crippen LogP contribution is 2.28. The van der Waals surface area contributed by atoms with Gasteiger partial charge in [-0.25, -0.2) is 27.5 Å². The second-order valence-electron chi connectivity index (χ2n) is 9.62. The van der Waals surface area contributed by atoms with Crippen molar-refractivity contribution in [2.75, 3.05) is 19.3 Å². The number of carbonyl (C=O) groups excluding carboxylic acids is 1. The molecule has 5 rings (SSSR count). The van der Waals surface area contributed by atoms with E-state index in [0.29, 0.717) is 48.5 Å². The molecule has 0 radical (unpaired) electrons. The van der Waals surface area contributed by atoms with E-state index in [-0.39, 0.29) is 22.6 Å². The molecule has 0 saturated carbocycles. The third kappa shape index (κ3) is 5.75. The van der Waals surface area contributed by atoms with Crippen molar-refractivity contribution in [2.24, 2.45) is 0 Å². The standard InChI is InChI=1S/C27H29FN6O4S/c1-3-4-5-18-6-8-23(29-15-18)27(35)33-12-10-19(11-13-33)38-26-21-16-32-34(25(21)30-17-31-26)24-9-7-20(14-22(24)28)39(2,36)37/h6-9,14-17,19H,3-5,10-13H2,1-2H3. The Bertz CT molecular complexity index is 1600. The minimum atomic E-state index is -3.55. The van der Waals surface area contributed by atoms with E-state index < -0.39 is 15.7 Å². The van der Waals surface area contributed by atoms with Gasteiger partial charge in [-0.1, -0.05) is 19.4 Å². The number of pyridine rings is 1. The number of unbranched alkanes of at least 4 members (excludes halogenated alkanes) is 1. The molecule has 1 aliphatic heterocycles. The molecule has 4 heterocycles. The van der Waals surface area contributed by atoms with E-state index in [2.05, 4.69) is 27.0 Å². The summed E-state index contributed by atoms with van der Waals surface area (Å²) in [4.78, 5) is 27.5. The van der Waals surface area contributed by atoms with Gasteiger partial charge in [0, 0.05) is 38.4 Å². The van der Waals surface area contributed by atoms with Crippen molar-refractivity contribution in [3.63, 3.8) is 0 Å². The predicted octanol–water partition coefficient (Wildman–Crippen LogP) is 3.78. The van der Waals surface area contributed by atoms with Crippen LogP contribution in [0.5, 0.6) is 5.88 Å². The Labute approximate surface area is 225 Å². The molecule has 204 valence electrons. The molecule has 1 amide bonds. The summed E-state index contributed by atoms with van der Waals surface area (Å²) in [5.74, 6) is -0.523. The van der Waals surface area contributed by atoms with Gasteiger partial charge in [-0.3, -0.25) is 9.78 Å². The number of rotatable bonds is 8. The molecule has 3 aromatic heterocycles. The summed E-state index contributed by atoms with van der Waals surface area (Å²) in [7, 11) is -3.55. The highest BCUT2D eigenvalue weighted by atomic mass is 32.2. The molecule has 1 aliphatic rings. The summed E-state index contributed by atoms with van der Waals surface area (Å²) < 4.78 is 45.8. The number of halogens is 1. The van der Waals surface area contributed by atoms with Crippen molar-refractivity contribution in [2.45, 2.75) is 50.0 Å². The Morgan fingerprint density at radius 3 is 2.56 bits per heavy atom. The van der Waals surface area contributed by atoms with E-state index in [0.717, 1.165) is 37.1 Å². The lowest BCUT2D eigenvalue weighted by atomic mass is 10.1. The van der Waals surface area contributed by atoms with Crippen LogP contribution in [0.15, 0.2) is 53.9 Å². The summed E-state index contributed by atoms with van der Waals surface area (Å²) in [6.45, 7) is 3.19. The molecule has 0 unspecified atom stereocenters. The monoisotopic (exact) mass is 552 g/mol. The summed E-state index contributed by atoms with van der Waals surface area (Å²) in [6, 6.07) is 7.40. The van der Waals surface area contributed by atoms with Crippen LogP contribution in [-0.4, -0.2) is 69.4 Å². The molecule has 0 N–H and O–H groups in total. The maximum absolute atomic E-state index is 14.8. The Morgan fingerprint density at radius 2 is 1.90 bits per heavy atom. The number of amides is 1. The van der Waals surface area contributed by atoms with E-state index >= 15 is 0 Å². The van der Waals surface area contributed by atoms with Gasteiger partial charge in [-0.15, -0.1) is 0 Å². The van der Waals surface area contributed by atoms with E-state index in [1.54, 1.807) is 17.2 Å². The van der Waals surface area contributed by atoms with E-state index in [4.69, 9.17) is 4.74 Å². The fraction of sp³-hybridized carbons (Fsp3) is 0.370. The van der Waals surface area contributed by atoms with Crippen LogP contribution in [0.25, 0.3) is 16.7 Å². The summed E-state index contributed by atoms with van der Waals surface area (Å²) in [5, 5.41) is 4.74. The van der Waals surface area contributed by atoms with Crippen LogP contribution in [0, 0.1) is 5.82 Å². The highest BCUT2D eigenvalue weighted by Gasteiger charge is 2.27. The molecular weight excluding hydrogens is 523 g/mol. The van der Waals surface area contributed by atoms with Crippen molar-refractivity contribution in [3.05, 3.63) is 66.1 Å². The van der Waals surface area contributed by atoms with Gasteiger partial charge >= 0.3 is 0 Å². The zero-order valence-electron chi connectivity index (χ0n) is 21.7. The van der Waals surface area contributed by atoms with Crippen LogP contribution in [0.1, 0.15) is 48.7 Å². The molecule has 0 atom stereocenters. The third-order valence-electron chi connectivity index (χ3n) is 6.78. The number of aryl methyl sites for hydroxylation is 1. The van der Waals surface area contributed by atoms with E-state index in [9.17, 15) is 17.6 Å². The quantitative estimate of drug-likeness (QED) is 0.324. The maximum atomic E-state index is 14.8. The van der Waals surface area contributed by atoms with Crippen LogP contribution in [0.4, 0.5) is 4.39 Å². The van der Waals surface area contributed by atoms with Crippen LogP contribution < -0.4 is 4.74 Å². The Balaban J connectivity index is 1.26. The number of hydrogen-bond donors (Lipinski definition) is 0. The molecule has 1 fully saturated rings. The molecule has 0 spiro atoms. The summed E-state index contributed by atoms with van der Waals surface area (Å²) in [6.07, 6.45) is 9.82. The normalized spacial score (nSPS) is 14.6. The van der Waals surface area contributed by atoms with Crippen molar-refractivity contribution < 1.29 is 22.3 Å². The van der Waals surface area contributed by atoms with Gasteiger partial charge < -0.3 is 9.64 Å². The van der Waals surface area contributed by atoms with Crippen LogP contribution >= 0.6 is 0 Å². The van der Waals surface area contributed by atoms with Crippen molar-refractivity contribution in [3.8, 4) is 11.6 Å². The number of sulfone groups is 1. The van der Waals surface area contributed by atoms with E-state index in [1.165, 1.54) is 29.3 Å². The minimum absolute atomic E-state index is 0.0564. The van der Waals surface area contributed by atoms with Gasteiger partial charge in [0.2, 0.25) is 5.88 Å². The van der Waals surface area contributed by atoms with Crippen molar-refractivity contribution in [1.82, 2.24) is 29.6 Å². The predicted molar refractivity (Wildman–Crippen MR) is 142 cm³/mol. The first-order valence-corrected chi connectivity index (χ1v) is 14.7. The molecule has 12 heteroatoms. The Kier molecular flexibility index (Phi) is 7.56. The second kappa shape index (κ2) is 11.0. The second-order valence-corrected chi connectivity index (χ2v) is 11.6. The zero-order valence-corrected chi connectivity index (χ0v) is 22.6. The number of ether oxygens (including phenoxy) is 1. The molecule has 0 bridgehead atoms. The third-order valence-corrected chi connectivity index (χ3v) is 7.89. The van der Waals surface area contributed by atoms with Gasteiger partial charge in [0.05, 0.1) is 11.1 Å². The average molecular weight is 553 g/mol. The van der Waals surface area contributed by atoms with Gasteiger partial charge in [-0.2, -0.15) is 5.10 Å². The van der Waals surface area contributed by atoms with Gasteiger partial charge in [-0.05, 0) is 42.7 Å². The average Bonchev–Trinajstić information content (AvgIpc) is 3.36. The lowest BCUT2D eigenvalue weighted by Crippen LogP contribution is -2.42. The van der Waals surface area contributed by atoms with Crippen LogP contribution in [0.3, 0.4) is 0 Å². The molecular formula is C27H29FN6O4S. The van der Waals surface area contributed by atoms with Crippen LogP contribution in [0.2, 0.25) is 0 Å². The SMILES string of the molecule is CCCCc1ccc(C(=O)N2CCC(Oc3ncnc4c3cnn4-c3ccc(S(C)(=O)=O)cc3F)CC2)nc1. The molecule has 4 aromatic rings. The molecule has 0 aliphatic carbocycles. The number of likely N-dealkylation sites (tertiary alicyclic amines) is 1. The number of carbonyl (C=O) groups is 1. The largest absolute Gasteiger partial charge is 0.474 e. The highest BCUT2D eigenvalue weighted by molar-refractivity contribution is 7.90. The molecule has 1 aromatic carbocycles. The lowest BCUT2D eigenvalue weighted by Gasteiger charge is -2.31. The summed E-state index contributed by atoms with van der Waals surface area (Å²) >= 11 is 0. The first-order valence-electron chi connectivity index (χ1n) is 12.8. The number of nitrogens with zero attached hydrogens (tertiary/aromatic N) is 6.